The van der Waals surface area contributed by atoms with Gasteiger partial charge in [-0.05, 0) is 12.1 Å². The van der Waals surface area contributed by atoms with Crippen molar-refractivity contribution in [2.24, 2.45) is 5.84 Å². The summed E-state index contributed by atoms with van der Waals surface area (Å²) in [5.74, 6) is -1.41. The quantitative estimate of drug-likeness (QED) is 0.438. The summed E-state index contributed by atoms with van der Waals surface area (Å²) >= 11 is 0. The van der Waals surface area contributed by atoms with Crippen molar-refractivity contribution in [1.82, 2.24) is 5.32 Å². The molecular formula is C10H10F5N3O. The van der Waals surface area contributed by atoms with Crippen LogP contribution in [-0.4, -0.2) is 24.8 Å². The molecule has 4 nitrogen and oxygen atoms in total. The Bertz CT molecular complexity index is 466. The number of para-hydroxylation sites is 1. The Hall–Kier alpha value is -1.90. The van der Waals surface area contributed by atoms with Gasteiger partial charge in [-0.15, -0.1) is 0 Å². The molecule has 0 unspecified atom stereocenters. The molecule has 1 amide bonds. The zero-order valence-corrected chi connectivity index (χ0v) is 9.39. The van der Waals surface area contributed by atoms with Crippen LogP contribution < -0.4 is 16.6 Å². The first kappa shape index (κ1) is 15.2. The number of hydrogen-bond acceptors (Lipinski definition) is 3. The van der Waals surface area contributed by atoms with Gasteiger partial charge in [-0.2, -0.15) is 8.78 Å². The topological polar surface area (TPSA) is 67.1 Å². The van der Waals surface area contributed by atoms with Crippen LogP contribution in [0.25, 0.3) is 0 Å². The summed E-state index contributed by atoms with van der Waals surface area (Å²) < 4.78 is 62.2. The minimum Gasteiger partial charge on any atom is -0.346 e. The van der Waals surface area contributed by atoms with Crippen LogP contribution in [0.3, 0.4) is 0 Å². The third-order valence-electron chi connectivity index (χ3n) is 2.21. The van der Waals surface area contributed by atoms with E-state index in [4.69, 9.17) is 5.84 Å². The zero-order chi connectivity index (χ0) is 14.6. The molecule has 0 bridgehead atoms. The summed E-state index contributed by atoms with van der Waals surface area (Å²) in [6, 6.07) is 3.24. The van der Waals surface area contributed by atoms with Crippen LogP contribution in [0.5, 0.6) is 0 Å². The number of alkyl halides is 4. The standard InChI is InChI=1S/C10H10F5N3O/c11-6-3-1-2-5(7(6)18-16)8(19)17-4-10(14,15)9(12)13/h1-3,9,18H,4,16H2,(H,17,19). The Morgan fingerprint density at radius 1 is 1.37 bits per heavy atom. The van der Waals surface area contributed by atoms with Gasteiger partial charge in [-0.3, -0.25) is 10.6 Å². The smallest absolute Gasteiger partial charge is 0.324 e. The Labute approximate surface area is 104 Å². The molecule has 1 aromatic rings. The number of nitrogens with two attached hydrogens (primary N) is 1. The second-order valence-electron chi connectivity index (χ2n) is 3.55. The van der Waals surface area contributed by atoms with Gasteiger partial charge in [0.15, 0.2) is 0 Å². The molecule has 0 aromatic heterocycles. The first-order valence-corrected chi connectivity index (χ1v) is 4.99. The van der Waals surface area contributed by atoms with Gasteiger partial charge in [0.25, 0.3) is 5.91 Å². The van der Waals surface area contributed by atoms with E-state index in [-0.39, 0.29) is 5.56 Å². The summed E-state index contributed by atoms with van der Waals surface area (Å²) in [6.07, 6.45) is -3.91. The van der Waals surface area contributed by atoms with Crippen LogP contribution >= 0.6 is 0 Å². The molecule has 0 spiro atoms. The summed E-state index contributed by atoms with van der Waals surface area (Å²) in [5.41, 5.74) is 1.11. The average Bonchev–Trinajstić information content (AvgIpc) is 2.35. The molecule has 9 heteroatoms. The second kappa shape index (κ2) is 5.83. The average molecular weight is 283 g/mol. The van der Waals surface area contributed by atoms with Crippen molar-refractivity contribution in [2.75, 3.05) is 12.0 Å². The van der Waals surface area contributed by atoms with Gasteiger partial charge >= 0.3 is 12.3 Å². The SMILES string of the molecule is NNc1c(F)cccc1C(=O)NCC(F)(F)C(F)F. The number of nitrogens with one attached hydrogen (secondary N) is 2. The normalized spacial score (nSPS) is 11.5. The van der Waals surface area contributed by atoms with Gasteiger partial charge in [-0.1, -0.05) is 6.07 Å². The van der Waals surface area contributed by atoms with Crippen molar-refractivity contribution < 1.29 is 26.7 Å². The molecular weight excluding hydrogens is 273 g/mol. The van der Waals surface area contributed by atoms with Crippen LogP contribution in [-0.2, 0) is 0 Å². The number of nitrogen functional groups attached to an aromatic ring is 1. The number of amides is 1. The van der Waals surface area contributed by atoms with Crippen LogP contribution in [0.4, 0.5) is 27.6 Å². The number of anilines is 1. The Morgan fingerprint density at radius 2 is 2.00 bits per heavy atom. The minimum atomic E-state index is -4.36. The second-order valence-corrected chi connectivity index (χ2v) is 3.55. The number of carbonyl (C=O) groups excluding carboxylic acids is 1. The lowest BCUT2D eigenvalue weighted by Gasteiger charge is -2.16. The van der Waals surface area contributed by atoms with Gasteiger partial charge in [0.2, 0.25) is 0 Å². The monoisotopic (exact) mass is 283 g/mol. The number of benzene rings is 1. The molecule has 0 aliphatic rings. The maximum absolute atomic E-state index is 13.2. The third kappa shape index (κ3) is 3.53. The van der Waals surface area contributed by atoms with Crippen molar-refractivity contribution >= 4 is 11.6 Å². The number of hydrazine groups is 1. The van der Waals surface area contributed by atoms with E-state index in [1.807, 2.05) is 5.43 Å². The van der Waals surface area contributed by atoms with Crippen molar-refractivity contribution in [3.8, 4) is 0 Å². The van der Waals surface area contributed by atoms with E-state index < -0.39 is 36.3 Å². The van der Waals surface area contributed by atoms with E-state index in [2.05, 4.69) is 0 Å². The van der Waals surface area contributed by atoms with Gasteiger partial charge in [-0.25, -0.2) is 13.2 Å². The minimum absolute atomic E-state index is 0.368. The number of rotatable bonds is 5. The van der Waals surface area contributed by atoms with E-state index in [1.165, 1.54) is 0 Å². The highest BCUT2D eigenvalue weighted by molar-refractivity contribution is 5.99. The van der Waals surface area contributed by atoms with Crippen LogP contribution in [0.2, 0.25) is 0 Å². The van der Waals surface area contributed by atoms with E-state index in [1.54, 1.807) is 5.32 Å². The molecule has 4 N–H and O–H groups in total. The highest BCUT2D eigenvalue weighted by Crippen LogP contribution is 2.22. The molecule has 1 aromatic carbocycles. The Balaban J connectivity index is 2.83. The molecule has 106 valence electrons. The van der Waals surface area contributed by atoms with Crippen molar-refractivity contribution in [3.63, 3.8) is 0 Å². The first-order valence-electron chi connectivity index (χ1n) is 4.99. The molecule has 0 heterocycles. The van der Waals surface area contributed by atoms with E-state index in [9.17, 15) is 26.7 Å². The highest BCUT2D eigenvalue weighted by atomic mass is 19.3. The molecule has 0 aliphatic heterocycles. The Kier molecular flexibility index (Phi) is 4.65. The van der Waals surface area contributed by atoms with Crippen LogP contribution in [0.1, 0.15) is 10.4 Å². The molecule has 19 heavy (non-hydrogen) atoms. The summed E-state index contributed by atoms with van der Waals surface area (Å²) in [5, 5.41) is 1.59. The van der Waals surface area contributed by atoms with Crippen LogP contribution in [0.15, 0.2) is 18.2 Å². The highest BCUT2D eigenvalue weighted by Gasteiger charge is 2.41. The number of hydrogen-bond donors (Lipinski definition) is 3. The summed E-state index contributed by atoms with van der Waals surface area (Å²) in [6.45, 7) is -1.57. The number of halogens is 5. The largest absolute Gasteiger partial charge is 0.346 e. The van der Waals surface area contributed by atoms with Crippen molar-refractivity contribution in [2.45, 2.75) is 12.3 Å². The molecule has 1 rings (SSSR count). The maximum atomic E-state index is 13.2. The fourth-order valence-electron chi connectivity index (χ4n) is 1.23. The predicted octanol–water partition coefficient (Wildman–Crippen LogP) is 1.74. The lowest BCUT2D eigenvalue weighted by atomic mass is 10.1. The lowest BCUT2D eigenvalue weighted by molar-refractivity contribution is -0.123. The first-order chi connectivity index (χ1) is 8.79. The molecule has 0 saturated heterocycles. The van der Waals surface area contributed by atoms with Crippen molar-refractivity contribution in [1.29, 1.82) is 0 Å². The fourth-order valence-corrected chi connectivity index (χ4v) is 1.23. The molecule has 0 atom stereocenters. The third-order valence-corrected chi connectivity index (χ3v) is 2.21. The molecule has 0 radical (unpaired) electrons. The Morgan fingerprint density at radius 3 is 2.53 bits per heavy atom. The number of carbonyl (C=O) groups is 1. The molecule has 0 aliphatic carbocycles. The fraction of sp³-hybridized carbons (Fsp3) is 0.300. The molecule has 0 saturated carbocycles. The van der Waals surface area contributed by atoms with Gasteiger partial charge in [0, 0.05) is 0 Å². The zero-order valence-electron chi connectivity index (χ0n) is 9.39. The summed E-state index contributed by atoms with van der Waals surface area (Å²) in [4.78, 5) is 11.5. The lowest BCUT2D eigenvalue weighted by Crippen LogP contribution is -2.41. The predicted molar refractivity (Wildman–Crippen MR) is 57.5 cm³/mol. The van der Waals surface area contributed by atoms with Gasteiger partial charge < -0.3 is 10.7 Å². The van der Waals surface area contributed by atoms with Gasteiger partial charge in [0.1, 0.15) is 5.82 Å². The van der Waals surface area contributed by atoms with E-state index in [0.717, 1.165) is 18.2 Å². The van der Waals surface area contributed by atoms with E-state index in [0.29, 0.717) is 0 Å². The van der Waals surface area contributed by atoms with Gasteiger partial charge in [0.05, 0.1) is 17.8 Å². The summed E-state index contributed by atoms with van der Waals surface area (Å²) in [7, 11) is 0. The maximum Gasteiger partial charge on any atom is 0.324 e. The van der Waals surface area contributed by atoms with Crippen molar-refractivity contribution in [3.05, 3.63) is 29.6 Å². The van der Waals surface area contributed by atoms with E-state index >= 15 is 0 Å². The van der Waals surface area contributed by atoms with Crippen LogP contribution in [0, 0.1) is 5.82 Å². The molecule has 0 fully saturated rings.